The van der Waals surface area contributed by atoms with Crippen molar-refractivity contribution >= 4 is 0 Å². The van der Waals surface area contributed by atoms with Crippen LogP contribution in [0.5, 0.6) is 0 Å². The Hall–Kier alpha value is -0.0800. The highest BCUT2D eigenvalue weighted by Crippen LogP contribution is 2.42. The third kappa shape index (κ3) is 2.14. The van der Waals surface area contributed by atoms with Gasteiger partial charge in [-0.15, -0.1) is 0 Å². The minimum Gasteiger partial charge on any atom is -0.380 e. The molecule has 2 heteroatoms. The molecule has 0 aromatic carbocycles. The lowest BCUT2D eigenvalue weighted by Crippen LogP contribution is -2.41. The van der Waals surface area contributed by atoms with E-state index in [2.05, 4.69) is 6.92 Å². The van der Waals surface area contributed by atoms with Crippen LogP contribution < -0.4 is 0 Å². The average Bonchev–Trinajstić information content (AvgIpc) is 3.00. The maximum atomic E-state index is 5.59. The molecule has 0 aromatic rings. The van der Waals surface area contributed by atoms with E-state index in [0.29, 0.717) is 17.6 Å². The van der Waals surface area contributed by atoms with Crippen LogP contribution in [-0.2, 0) is 9.47 Å². The molecule has 2 nitrogen and oxygen atoms in total. The summed E-state index contributed by atoms with van der Waals surface area (Å²) < 4.78 is 11.0. The highest BCUT2D eigenvalue weighted by molar-refractivity contribution is 4.92. The summed E-state index contributed by atoms with van der Waals surface area (Å²) in [5.74, 6) is 0.957. The first-order valence-electron chi connectivity index (χ1n) is 7.04. The maximum absolute atomic E-state index is 5.59. The van der Waals surface area contributed by atoms with Gasteiger partial charge in [0, 0.05) is 5.41 Å². The number of rotatable bonds is 5. The van der Waals surface area contributed by atoms with Crippen LogP contribution in [-0.4, -0.2) is 25.4 Å². The average molecular weight is 224 g/mol. The molecule has 3 aliphatic rings. The molecule has 0 bridgehead atoms. The molecule has 0 spiro atoms. The zero-order valence-electron chi connectivity index (χ0n) is 10.4. The third-order valence-corrected chi connectivity index (χ3v) is 5.00. The molecule has 3 rings (SSSR count). The Bertz CT molecular complexity index is 242. The van der Waals surface area contributed by atoms with Crippen LogP contribution in [0.1, 0.15) is 51.9 Å². The van der Waals surface area contributed by atoms with E-state index in [1.165, 1.54) is 44.9 Å². The number of hydrogen-bond acceptors (Lipinski definition) is 2. The summed E-state index contributed by atoms with van der Waals surface area (Å²) in [6, 6.07) is 0. The normalized spacial score (nSPS) is 39.9. The van der Waals surface area contributed by atoms with E-state index in [4.69, 9.17) is 9.47 Å². The van der Waals surface area contributed by atoms with Gasteiger partial charge in [0.25, 0.3) is 0 Å². The molecule has 2 heterocycles. The summed E-state index contributed by atoms with van der Waals surface area (Å²) in [6.45, 7) is 4.34. The molecular formula is C14H24O2. The van der Waals surface area contributed by atoms with E-state index in [-0.39, 0.29) is 0 Å². The van der Waals surface area contributed by atoms with E-state index in [1.54, 1.807) is 0 Å². The van der Waals surface area contributed by atoms with Crippen LogP contribution in [0.4, 0.5) is 0 Å². The van der Waals surface area contributed by atoms with Gasteiger partial charge in [-0.05, 0) is 38.0 Å². The highest BCUT2D eigenvalue weighted by Gasteiger charge is 2.43. The predicted molar refractivity (Wildman–Crippen MR) is 63.4 cm³/mol. The minimum absolute atomic E-state index is 0.563. The molecule has 3 unspecified atom stereocenters. The van der Waals surface area contributed by atoms with Crippen LogP contribution in [0.3, 0.4) is 0 Å². The SMILES string of the molecule is CCC1(CCCC2CCC3OC3C2)COC1. The van der Waals surface area contributed by atoms with Crippen molar-refractivity contribution in [1.29, 1.82) is 0 Å². The topological polar surface area (TPSA) is 21.8 Å². The van der Waals surface area contributed by atoms with Crippen molar-refractivity contribution < 1.29 is 9.47 Å². The van der Waals surface area contributed by atoms with E-state index in [0.717, 1.165) is 19.1 Å². The van der Waals surface area contributed by atoms with Gasteiger partial charge in [0.15, 0.2) is 0 Å². The molecule has 3 atom stereocenters. The van der Waals surface area contributed by atoms with Gasteiger partial charge in [0.05, 0.1) is 25.4 Å². The molecule has 1 saturated carbocycles. The van der Waals surface area contributed by atoms with Crippen LogP contribution in [0.25, 0.3) is 0 Å². The second kappa shape index (κ2) is 4.30. The second-order valence-electron chi connectivity index (χ2n) is 6.13. The van der Waals surface area contributed by atoms with Gasteiger partial charge in [-0.1, -0.05) is 19.8 Å². The Morgan fingerprint density at radius 3 is 2.69 bits per heavy atom. The molecule has 0 amide bonds. The van der Waals surface area contributed by atoms with Crippen LogP contribution in [0.2, 0.25) is 0 Å². The van der Waals surface area contributed by atoms with Gasteiger partial charge in [0.1, 0.15) is 0 Å². The number of epoxide rings is 1. The summed E-state index contributed by atoms with van der Waals surface area (Å²) in [5.41, 5.74) is 0.563. The van der Waals surface area contributed by atoms with Crippen LogP contribution in [0.15, 0.2) is 0 Å². The Balaban J connectivity index is 1.36. The summed E-state index contributed by atoms with van der Waals surface area (Å²) >= 11 is 0. The van der Waals surface area contributed by atoms with Gasteiger partial charge in [-0.2, -0.15) is 0 Å². The van der Waals surface area contributed by atoms with Crippen molar-refractivity contribution in [1.82, 2.24) is 0 Å². The lowest BCUT2D eigenvalue weighted by atomic mass is 9.76. The van der Waals surface area contributed by atoms with Crippen molar-refractivity contribution in [3.05, 3.63) is 0 Å². The van der Waals surface area contributed by atoms with Gasteiger partial charge < -0.3 is 9.47 Å². The molecule has 16 heavy (non-hydrogen) atoms. The Kier molecular flexibility index (Phi) is 2.97. The number of hydrogen-bond donors (Lipinski definition) is 0. The van der Waals surface area contributed by atoms with E-state index >= 15 is 0 Å². The van der Waals surface area contributed by atoms with Crippen molar-refractivity contribution in [2.75, 3.05) is 13.2 Å². The zero-order chi connectivity index (χ0) is 11.0. The first-order chi connectivity index (χ1) is 7.81. The van der Waals surface area contributed by atoms with Crippen molar-refractivity contribution in [2.45, 2.75) is 64.1 Å². The first-order valence-corrected chi connectivity index (χ1v) is 7.04. The highest BCUT2D eigenvalue weighted by atomic mass is 16.6. The smallest absolute Gasteiger partial charge is 0.0844 e. The van der Waals surface area contributed by atoms with Crippen LogP contribution >= 0.6 is 0 Å². The quantitative estimate of drug-likeness (QED) is 0.669. The minimum atomic E-state index is 0.563. The van der Waals surface area contributed by atoms with Gasteiger partial charge in [-0.25, -0.2) is 0 Å². The van der Waals surface area contributed by atoms with Crippen molar-refractivity contribution in [3.63, 3.8) is 0 Å². The van der Waals surface area contributed by atoms with E-state index in [1.807, 2.05) is 0 Å². The van der Waals surface area contributed by atoms with Gasteiger partial charge >= 0.3 is 0 Å². The fourth-order valence-corrected chi connectivity index (χ4v) is 3.43. The largest absolute Gasteiger partial charge is 0.380 e. The fraction of sp³-hybridized carbons (Fsp3) is 1.00. The molecule has 3 fully saturated rings. The maximum Gasteiger partial charge on any atom is 0.0844 e. The first kappa shape index (κ1) is 11.0. The van der Waals surface area contributed by atoms with Crippen molar-refractivity contribution in [3.8, 4) is 0 Å². The van der Waals surface area contributed by atoms with Crippen molar-refractivity contribution in [2.24, 2.45) is 11.3 Å². The molecule has 0 N–H and O–H groups in total. The van der Waals surface area contributed by atoms with Gasteiger partial charge in [0.2, 0.25) is 0 Å². The summed E-state index contributed by atoms with van der Waals surface area (Å²) in [6.07, 6.45) is 10.9. The Morgan fingerprint density at radius 1 is 1.19 bits per heavy atom. The monoisotopic (exact) mass is 224 g/mol. The van der Waals surface area contributed by atoms with E-state index in [9.17, 15) is 0 Å². The molecule has 92 valence electrons. The third-order valence-electron chi connectivity index (χ3n) is 5.00. The number of ether oxygens (including phenoxy) is 2. The Morgan fingerprint density at radius 2 is 2.06 bits per heavy atom. The van der Waals surface area contributed by atoms with Gasteiger partial charge in [-0.3, -0.25) is 0 Å². The molecule has 2 saturated heterocycles. The van der Waals surface area contributed by atoms with Crippen LogP contribution in [0, 0.1) is 11.3 Å². The fourth-order valence-electron chi connectivity index (χ4n) is 3.43. The number of fused-ring (bicyclic) bond motifs is 1. The molecule has 1 aliphatic carbocycles. The molecule has 2 aliphatic heterocycles. The molecular weight excluding hydrogens is 200 g/mol. The molecule has 0 aromatic heterocycles. The second-order valence-corrected chi connectivity index (χ2v) is 6.13. The lowest BCUT2D eigenvalue weighted by molar-refractivity contribution is -0.120. The standard InChI is InChI=1S/C14H24O2/c1-2-14(9-15-10-14)7-3-4-11-5-6-12-13(8-11)16-12/h11-13H,2-10H2,1H3. The lowest BCUT2D eigenvalue weighted by Gasteiger charge is -2.41. The predicted octanol–water partition coefficient (Wildman–Crippen LogP) is 3.15. The Labute approximate surface area is 98.7 Å². The molecule has 0 radical (unpaired) electrons. The zero-order valence-corrected chi connectivity index (χ0v) is 10.4. The summed E-state index contributed by atoms with van der Waals surface area (Å²) in [7, 11) is 0. The van der Waals surface area contributed by atoms with E-state index < -0.39 is 0 Å². The summed E-state index contributed by atoms with van der Waals surface area (Å²) in [5, 5.41) is 0. The summed E-state index contributed by atoms with van der Waals surface area (Å²) in [4.78, 5) is 0.